The van der Waals surface area contributed by atoms with Crippen molar-refractivity contribution >= 4 is 29.9 Å². The van der Waals surface area contributed by atoms with Crippen LogP contribution in [0.3, 0.4) is 0 Å². The Morgan fingerprint density at radius 1 is 1.05 bits per heavy atom. The lowest BCUT2D eigenvalue weighted by atomic mass is 9.99. The van der Waals surface area contributed by atoms with E-state index in [9.17, 15) is 19.2 Å². The van der Waals surface area contributed by atoms with Crippen LogP contribution in [0.15, 0.2) is 73.8 Å². The number of alkyl carbamates (subject to hydrolysis) is 1. The summed E-state index contributed by atoms with van der Waals surface area (Å²) in [5.74, 6) is -1.66. The number of hydrogen-bond acceptors (Lipinski definition) is 5. The molecule has 9 nitrogen and oxygen atoms in total. The maximum Gasteiger partial charge on any atom is 0.408 e. The van der Waals surface area contributed by atoms with Crippen molar-refractivity contribution < 1.29 is 23.9 Å². The largest absolute Gasteiger partial charge is 0.444 e. The first-order chi connectivity index (χ1) is 18.4. The molecule has 0 aromatic heterocycles. The maximum atomic E-state index is 14.0. The van der Waals surface area contributed by atoms with E-state index in [1.807, 2.05) is 36.4 Å². The maximum absolute atomic E-state index is 14.0. The molecule has 39 heavy (non-hydrogen) atoms. The van der Waals surface area contributed by atoms with Gasteiger partial charge in [-0.1, -0.05) is 67.3 Å². The minimum atomic E-state index is -1.18. The SMILES string of the molecule is C=CCN(C(=O)C(CCC(N)=O)NC(=O)OC(C)(C)C)C(C(=O)NCc1ccccc1)c1cccc(C=C)c1. The van der Waals surface area contributed by atoms with E-state index < -0.39 is 41.5 Å². The molecule has 0 aliphatic carbocycles. The molecule has 0 saturated heterocycles. The first-order valence-corrected chi connectivity index (χ1v) is 12.7. The molecule has 0 aliphatic rings. The van der Waals surface area contributed by atoms with E-state index in [-0.39, 0.29) is 25.9 Å². The quantitative estimate of drug-likeness (QED) is 0.336. The summed E-state index contributed by atoms with van der Waals surface area (Å²) in [5, 5.41) is 5.46. The van der Waals surface area contributed by atoms with Gasteiger partial charge in [-0.05, 0) is 49.9 Å². The molecule has 2 unspecified atom stereocenters. The molecule has 0 radical (unpaired) electrons. The zero-order chi connectivity index (χ0) is 29.0. The highest BCUT2D eigenvalue weighted by molar-refractivity contribution is 5.92. The van der Waals surface area contributed by atoms with Crippen molar-refractivity contribution in [3.05, 3.63) is 90.5 Å². The predicted molar refractivity (Wildman–Crippen MR) is 151 cm³/mol. The molecule has 208 valence electrons. The zero-order valence-electron chi connectivity index (χ0n) is 22.8. The molecule has 0 saturated carbocycles. The fourth-order valence-electron chi connectivity index (χ4n) is 3.87. The summed E-state index contributed by atoms with van der Waals surface area (Å²) in [6, 6.07) is 14.2. The highest BCUT2D eigenvalue weighted by Crippen LogP contribution is 2.25. The second kappa shape index (κ2) is 14.5. The second-order valence-electron chi connectivity index (χ2n) is 9.96. The van der Waals surface area contributed by atoms with Crippen LogP contribution in [-0.4, -0.2) is 46.9 Å². The number of nitrogens with two attached hydrogens (primary N) is 1. The Bertz CT molecular complexity index is 1170. The molecule has 2 atom stereocenters. The Morgan fingerprint density at radius 3 is 2.33 bits per heavy atom. The van der Waals surface area contributed by atoms with Crippen LogP contribution in [0, 0.1) is 0 Å². The summed E-state index contributed by atoms with van der Waals surface area (Å²) in [6.07, 6.45) is 2.06. The smallest absolute Gasteiger partial charge is 0.408 e. The number of nitrogens with one attached hydrogen (secondary N) is 2. The summed E-state index contributed by atoms with van der Waals surface area (Å²) in [6.45, 7) is 12.9. The molecule has 0 spiro atoms. The number of hydrogen-bond donors (Lipinski definition) is 3. The van der Waals surface area contributed by atoms with Gasteiger partial charge in [0.2, 0.25) is 17.7 Å². The minimum Gasteiger partial charge on any atom is -0.444 e. The van der Waals surface area contributed by atoms with Crippen LogP contribution < -0.4 is 16.4 Å². The lowest BCUT2D eigenvalue weighted by Gasteiger charge is -2.34. The van der Waals surface area contributed by atoms with Crippen LogP contribution in [0.25, 0.3) is 6.08 Å². The standard InChI is InChI=1S/C30H38N4O5/c1-6-18-34(28(37)24(16-17-25(31)35)33-29(38)39-30(3,4)5)26(23-15-11-14-21(7-2)19-23)27(36)32-20-22-12-9-8-10-13-22/h6-15,19,24,26H,1-2,16-18,20H2,3-5H3,(H2,31,35)(H,32,36)(H,33,38). The fraction of sp³-hybridized carbons (Fsp3) is 0.333. The number of benzene rings is 2. The summed E-state index contributed by atoms with van der Waals surface area (Å²) in [4.78, 5) is 53.1. The summed E-state index contributed by atoms with van der Waals surface area (Å²) in [5.41, 5.74) is 6.71. The van der Waals surface area contributed by atoms with Crippen molar-refractivity contribution in [1.82, 2.24) is 15.5 Å². The van der Waals surface area contributed by atoms with Crippen LogP contribution in [0.1, 0.15) is 56.3 Å². The monoisotopic (exact) mass is 534 g/mol. The number of carbonyl (C=O) groups excluding carboxylic acids is 4. The molecule has 0 aliphatic heterocycles. The van der Waals surface area contributed by atoms with Gasteiger partial charge in [0.1, 0.15) is 17.7 Å². The Hall–Kier alpha value is -4.40. The normalized spacial score (nSPS) is 12.4. The van der Waals surface area contributed by atoms with Crippen molar-refractivity contribution in [2.75, 3.05) is 6.54 Å². The van der Waals surface area contributed by atoms with Crippen LogP contribution in [0.5, 0.6) is 0 Å². The molecule has 4 N–H and O–H groups in total. The third kappa shape index (κ3) is 10.1. The second-order valence-corrected chi connectivity index (χ2v) is 9.96. The number of ether oxygens (including phenoxy) is 1. The highest BCUT2D eigenvalue weighted by Gasteiger charge is 2.36. The Labute approximate surface area is 230 Å². The Balaban J connectivity index is 2.47. The molecular weight excluding hydrogens is 496 g/mol. The van der Waals surface area contributed by atoms with Gasteiger partial charge in [-0.25, -0.2) is 4.79 Å². The predicted octanol–water partition coefficient (Wildman–Crippen LogP) is 3.86. The van der Waals surface area contributed by atoms with Gasteiger partial charge in [-0.3, -0.25) is 14.4 Å². The Morgan fingerprint density at radius 2 is 1.74 bits per heavy atom. The third-order valence-corrected chi connectivity index (χ3v) is 5.61. The van der Waals surface area contributed by atoms with Crippen molar-refractivity contribution in [3.63, 3.8) is 0 Å². The van der Waals surface area contributed by atoms with Gasteiger partial charge in [0.25, 0.3) is 0 Å². The highest BCUT2D eigenvalue weighted by atomic mass is 16.6. The molecule has 2 aromatic carbocycles. The summed E-state index contributed by atoms with van der Waals surface area (Å²) >= 11 is 0. The molecule has 0 bridgehead atoms. The third-order valence-electron chi connectivity index (χ3n) is 5.61. The molecule has 0 fully saturated rings. The molecule has 0 heterocycles. The van der Waals surface area contributed by atoms with E-state index in [0.29, 0.717) is 5.56 Å². The molecule has 2 aromatic rings. The van der Waals surface area contributed by atoms with E-state index in [0.717, 1.165) is 11.1 Å². The number of amides is 4. The number of nitrogens with zero attached hydrogens (tertiary/aromatic N) is 1. The van der Waals surface area contributed by atoms with Gasteiger partial charge in [0.15, 0.2) is 0 Å². The van der Waals surface area contributed by atoms with Crippen molar-refractivity contribution in [2.24, 2.45) is 5.73 Å². The number of primary amides is 1. The van der Waals surface area contributed by atoms with Crippen molar-refractivity contribution in [3.8, 4) is 0 Å². The van der Waals surface area contributed by atoms with Gasteiger partial charge in [0.05, 0.1) is 0 Å². The van der Waals surface area contributed by atoms with Gasteiger partial charge >= 0.3 is 6.09 Å². The van der Waals surface area contributed by atoms with Crippen LogP contribution >= 0.6 is 0 Å². The molecule has 4 amide bonds. The van der Waals surface area contributed by atoms with Crippen molar-refractivity contribution in [2.45, 2.75) is 57.8 Å². The lowest BCUT2D eigenvalue weighted by molar-refractivity contribution is -0.142. The first-order valence-electron chi connectivity index (χ1n) is 12.7. The van der Waals surface area contributed by atoms with Crippen LogP contribution in [0.4, 0.5) is 4.79 Å². The average molecular weight is 535 g/mol. The topological polar surface area (TPSA) is 131 Å². The van der Waals surface area contributed by atoms with E-state index in [1.165, 1.54) is 11.0 Å². The van der Waals surface area contributed by atoms with Crippen LogP contribution in [-0.2, 0) is 25.7 Å². The minimum absolute atomic E-state index is 0.0103. The van der Waals surface area contributed by atoms with Gasteiger partial charge in [0, 0.05) is 19.5 Å². The van der Waals surface area contributed by atoms with Gasteiger partial charge in [-0.15, -0.1) is 6.58 Å². The van der Waals surface area contributed by atoms with E-state index in [2.05, 4.69) is 23.8 Å². The first kappa shape index (κ1) is 30.8. The van der Waals surface area contributed by atoms with Gasteiger partial charge in [-0.2, -0.15) is 0 Å². The van der Waals surface area contributed by atoms with Gasteiger partial charge < -0.3 is 26.0 Å². The summed E-state index contributed by atoms with van der Waals surface area (Å²) < 4.78 is 5.33. The zero-order valence-corrected chi connectivity index (χ0v) is 22.8. The average Bonchev–Trinajstić information content (AvgIpc) is 2.88. The molecule has 9 heteroatoms. The van der Waals surface area contributed by atoms with E-state index in [1.54, 1.807) is 45.0 Å². The fourth-order valence-corrected chi connectivity index (χ4v) is 3.87. The Kier molecular flexibility index (Phi) is 11.5. The number of rotatable bonds is 13. The van der Waals surface area contributed by atoms with Crippen LogP contribution in [0.2, 0.25) is 0 Å². The summed E-state index contributed by atoms with van der Waals surface area (Å²) in [7, 11) is 0. The van der Waals surface area contributed by atoms with Crippen molar-refractivity contribution in [1.29, 1.82) is 0 Å². The van der Waals surface area contributed by atoms with E-state index >= 15 is 0 Å². The molecular formula is C30H38N4O5. The lowest BCUT2D eigenvalue weighted by Crippen LogP contribution is -2.53. The molecule has 2 rings (SSSR count). The number of carbonyl (C=O) groups is 4. The van der Waals surface area contributed by atoms with E-state index in [4.69, 9.17) is 10.5 Å².